The average Bonchev–Trinajstić information content (AvgIpc) is 2.30. The van der Waals surface area contributed by atoms with Crippen LogP contribution in [0.5, 0.6) is 0 Å². The Labute approximate surface area is 119 Å². The Morgan fingerprint density at radius 3 is 2.35 bits per heavy atom. The number of rotatable bonds is 4. The largest absolute Gasteiger partial charge is 0.465 e. The van der Waals surface area contributed by atoms with E-state index in [0.717, 1.165) is 32.1 Å². The molecule has 0 aromatic heterocycles. The third-order valence-corrected chi connectivity index (χ3v) is 6.07. The molecule has 1 amide bonds. The van der Waals surface area contributed by atoms with Crippen LogP contribution < -0.4 is 10.0 Å². The maximum absolute atomic E-state index is 11.3. The molecule has 0 aromatic carbocycles. The molecule has 2 unspecified atom stereocenters. The van der Waals surface area contributed by atoms with Crippen LogP contribution in [0.1, 0.15) is 32.1 Å². The molecule has 4 bridgehead atoms. The Morgan fingerprint density at radius 2 is 1.85 bits per heavy atom. The zero-order valence-electron chi connectivity index (χ0n) is 11.6. The standard InChI is InChI=1S/C13H22N2O4S/c1-20(18,19)14-7-13-4-8-2-9(5-13)11(15-12(16)17)10(3-8)6-13/h8-11,14-15H,2-7H2,1H3,(H,16,17). The Balaban J connectivity index is 1.74. The Morgan fingerprint density at radius 1 is 1.25 bits per heavy atom. The molecule has 6 nitrogen and oxygen atoms in total. The van der Waals surface area contributed by atoms with E-state index in [4.69, 9.17) is 5.11 Å². The van der Waals surface area contributed by atoms with Crippen LogP contribution in [0.4, 0.5) is 4.79 Å². The van der Waals surface area contributed by atoms with E-state index in [-0.39, 0.29) is 11.5 Å². The highest BCUT2D eigenvalue weighted by molar-refractivity contribution is 7.88. The predicted octanol–water partition coefficient (Wildman–Crippen LogP) is 0.998. The molecule has 0 spiro atoms. The molecule has 2 atom stereocenters. The number of nitrogens with one attached hydrogen (secondary N) is 2. The molecule has 0 heterocycles. The Kier molecular flexibility index (Phi) is 3.25. The first-order valence-electron chi connectivity index (χ1n) is 7.20. The normalized spacial score (nSPS) is 42.6. The van der Waals surface area contributed by atoms with Gasteiger partial charge >= 0.3 is 6.09 Å². The van der Waals surface area contributed by atoms with Crippen LogP contribution in [0.3, 0.4) is 0 Å². The van der Waals surface area contributed by atoms with Gasteiger partial charge in [0.25, 0.3) is 0 Å². The van der Waals surface area contributed by atoms with Crippen molar-refractivity contribution in [1.82, 2.24) is 10.0 Å². The molecule has 0 aromatic rings. The first kappa shape index (κ1) is 14.1. The van der Waals surface area contributed by atoms with E-state index >= 15 is 0 Å². The Hall–Kier alpha value is -0.820. The smallest absolute Gasteiger partial charge is 0.404 e. The summed E-state index contributed by atoms with van der Waals surface area (Å²) in [7, 11) is -3.16. The van der Waals surface area contributed by atoms with E-state index in [2.05, 4.69) is 10.0 Å². The van der Waals surface area contributed by atoms with Crippen LogP contribution in [-0.2, 0) is 10.0 Å². The van der Waals surface area contributed by atoms with Gasteiger partial charge in [-0.1, -0.05) is 0 Å². The molecule has 4 saturated carbocycles. The number of hydrogen-bond acceptors (Lipinski definition) is 3. The second-order valence-corrected chi connectivity index (χ2v) is 8.87. The van der Waals surface area contributed by atoms with Gasteiger partial charge in [-0.25, -0.2) is 17.9 Å². The van der Waals surface area contributed by atoms with Gasteiger partial charge in [0.1, 0.15) is 0 Å². The summed E-state index contributed by atoms with van der Waals surface area (Å²) >= 11 is 0. The van der Waals surface area contributed by atoms with Crippen molar-refractivity contribution >= 4 is 16.1 Å². The summed E-state index contributed by atoms with van der Waals surface area (Å²) in [4.78, 5) is 10.9. The molecule has 0 aliphatic heterocycles. The minimum Gasteiger partial charge on any atom is -0.465 e. The lowest BCUT2D eigenvalue weighted by Crippen LogP contribution is -2.61. The van der Waals surface area contributed by atoms with Gasteiger partial charge in [0.15, 0.2) is 0 Å². The van der Waals surface area contributed by atoms with Gasteiger partial charge in [-0.05, 0) is 55.3 Å². The molecule has 114 valence electrons. The third kappa shape index (κ3) is 2.65. The first-order chi connectivity index (χ1) is 9.26. The van der Waals surface area contributed by atoms with E-state index in [1.807, 2.05) is 0 Å². The number of amides is 1. The van der Waals surface area contributed by atoms with Crippen LogP contribution in [0.25, 0.3) is 0 Å². The second-order valence-electron chi connectivity index (χ2n) is 7.04. The van der Waals surface area contributed by atoms with Crippen LogP contribution in [0.15, 0.2) is 0 Å². The Bertz CT molecular complexity index is 502. The van der Waals surface area contributed by atoms with E-state index in [0.29, 0.717) is 24.3 Å². The molecule has 4 fully saturated rings. The monoisotopic (exact) mass is 302 g/mol. The number of carboxylic acid groups (broad SMARTS) is 1. The minimum absolute atomic E-state index is 0.0518. The van der Waals surface area contributed by atoms with Crippen molar-refractivity contribution in [3.8, 4) is 0 Å². The molecule has 3 N–H and O–H groups in total. The van der Waals surface area contributed by atoms with Gasteiger partial charge in [0, 0.05) is 12.6 Å². The van der Waals surface area contributed by atoms with E-state index in [1.165, 1.54) is 6.26 Å². The van der Waals surface area contributed by atoms with Gasteiger partial charge in [-0.15, -0.1) is 0 Å². The van der Waals surface area contributed by atoms with Gasteiger partial charge < -0.3 is 10.4 Å². The summed E-state index contributed by atoms with van der Waals surface area (Å²) in [5.41, 5.74) is 0.0518. The predicted molar refractivity (Wildman–Crippen MR) is 73.8 cm³/mol. The lowest BCUT2D eigenvalue weighted by Gasteiger charge is -2.60. The molecule has 20 heavy (non-hydrogen) atoms. The fraction of sp³-hybridized carbons (Fsp3) is 0.923. The van der Waals surface area contributed by atoms with Crippen molar-refractivity contribution in [3.63, 3.8) is 0 Å². The highest BCUT2D eigenvalue weighted by Gasteiger charge is 2.55. The number of carbonyl (C=O) groups is 1. The van der Waals surface area contributed by atoms with E-state index < -0.39 is 16.1 Å². The van der Waals surface area contributed by atoms with Crippen molar-refractivity contribution in [3.05, 3.63) is 0 Å². The van der Waals surface area contributed by atoms with Crippen LogP contribution in [0.2, 0.25) is 0 Å². The summed E-state index contributed by atoms with van der Waals surface area (Å²) in [5, 5.41) is 11.7. The van der Waals surface area contributed by atoms with Gasteiger partial charge in [0.05, 0.1) is 6.26 Å². The molecular formula is C13H22N2O4S. The van der Waals surface area contributed by atoms with Crippen molar-refractivity contribution in [2.75, 3.05) is 12.8 Å². The highest BCUT2D eigenvalue weighted by Crippen LogP contribution is 2.59. The van der Waals surface area contributed by atoms with Crippen molar-refractivity contribution in [2.45, 2.75) is 38.1 Å². The molecule has 4 aliphatic rings. The van der Waals surface area contributed by atoms with E-state index in [9.17, 15) is 13.2 Å². The molecule has 4 aliphatic carbocycles. The minimum atomic E-state index is -3.16. The molecule has 0 radical (unpaired) electrons. The number of sulfonamides is 1. The maximum Gasteiger partial charge on any atom is 0.404 e. The zero-order valence-corrected chi connectivity index (χ0v) is 12.4. The van der Waals surface area contributed by atoms with Gasteiger partial charge in [0.2, 0.25) is 10.0 Å². The van der Waals surface area contributed by atoms with E-state index in [1.54, 1.807) is 0 Å². The summed E-state index contributed by atoms with van der Waals surface area (Å²) in [6, 6.07) is 0.0652. The summed E-state index contributed by atoms with van der Waals surface area (Å²) in [6.45, 7) is 0.509. The van der Waals surface area contributed by atoms with Crippen LogP contribution in [-0.4, -0.2) is 38.5 Å². The molecular weight excluding hydrogens is 280 g/mol. The van der Waals surface area contributed by atoms with Crippen LogP contribution >= 0.6 is 0 Å². The molecule has 0 saturated heterocycles. The lowest BCUT2D eigenvalue weighted by atomic mass is 9.48. The SMILES string of the molecule is CS(=O)(=O)NCC12CC3CC(C1)C(NC(=O)O)C(C3)C2. The van der Waals surface area contributed by atoms with Crippen LogP contribution in [0, 0.1) is 23.2 Å². The third-order valence-electron chi connectivity index (χ3n) is 5.40. The van der Waals surface area contributed by atoms with Crippen molar-refractivity contribution in [1.29, 1.82) is 0 Å². The fourth-order valence-electron chi connectivity index (χ4n) is 5.07. The van der Waals surface area contributed by atoms with Crippen molar-refractivity contribution < 1.29 is 18.3 Å². The highest BCUT2D eigenvalue weighted by atomic mass is 32.2. The fourth-order valence-corrected chi connectivity index (χ4v) is 5.64. The first-order valence-corrected chi connectivity index (χ1v) is 9.10. The topological polar surface area (TPSA) is 95.5 Å². The lowest BCUT2D eigenvalue weighted by molar-refractivity contribution is -0.0709. The molecule has 7 heteroatoms. The average molecular weight is 302 g/mol. The summed E-state index contributed by atoms with van der Waals surface area (Å²) in [5.74, 6) is 1.39. The summed E-state index contributed by atoms with van der Waals surface area (Å²) in [6.07, 6.45) is 5.39. The quantitative estimate of drug-likeness (QED) is 0.722. The second kappa shape index (κ2) is 4.59. The number of hydrogen-bond donors (Lipinski definition) is 3. The zero-order chi connectivity index (χ0) is 14.5. The molecule has 4 rings (SSSR count). The summed E-state index contributed by atoms with van der Waals surface area (Å²) < 4.78 is 25.3. The maximum atomic E-state index is 11.3. The van der Waals surface area contributed by atoms with Gasteiger partial charge in [-0.2, -0.15) is 0 Å². The van der Waals surface area contributed by atoms with Gasteiger partial charge in [-0.3, -0.25) is 0 Å². The van der Waals surface area contributed by atoms with Crippen molar-refractivity contribution in [2.24, 2.45) is 23.2 Å².